The molecule has 1 N–H and O–H groups in total. The zero-order chi connectivity index (χ0) is 12.0. The second kappa shape index (κ2) is 6.99. The van der Waals surface area contributed by atoms with Gasteiger partial charge in [0.25, 0.3) is 0 Å². The third kappa shape index (κ3) is 4.20. The molecule has 90 valence electrons. The van der Waals surface area contributed by atoms with Gasteiger partial charge < -0.3 is 5.32 Å². The third-order valence-corrected chi connectivity index (χ3v) is 3.77. The Hall–Kier alpha value is -0.450. The zero-order valence-corrected chi connectivity index (χ0v) is 10.7. The summed E-state index contributed by atoms with van der Waals surface area (Å²) in [6.07, 6.45) is 0. The first-order valence-electron chi connectivity index (χ1n) is 5.13. The average Bonchev–Trinajstić information content (AvgIpc) is 2.29. The minimum absolute atomic E-state index is 0.136. The maximum absolute atomic E-state index is 13.4. The largest absolute Gasteiger partial charge is 0.312 e. The van der Waals surface area contributed by atoms with Gasteiger partial charge in [0.1, 0.15) is 5.82 Å². The van der Waals surface area contributed by atoms with Crippen molar-refractivity contribution in [3.63, 3.8) is 0 Å². The van der Waals surface area contributed by atoms with Gasteiger partial charge >= 0.3 is 0 Å². The number of halogens is 2. The van der Waals surface area contributed by atoms with E-state index in [1.165, 1.54) is 6.07 Å². The molecular weight excluding hydrogens is 249 g/mol. The van der Waals surface area contributed by atoms with Gasteiger partial charge in [-0.3, -0.25) is 4.21 Å². The van der Waals surface area contributed by atoms with E-state index < -0.39 is 10.8 Å². The minimum atomic E-state index is -0.777. The summed E-state index contributed by atoms with van der Waals surface area (Å²) in [6.45, 7) is 2.91. The lowest BCUT2D eigenvalue weighted by Crippen LogP contribution is -2.21. The molecule has 0 radical (unpaired) electrons. The van der Waals surface area contributed by atoms with E-state index in [1.807, 2.05) is 6.92 Å². The Kier molecular flexibility index (Phi) is 5.95. The van der Waals surface area contributed by atoms with Crippen LogP contribution in [0.4, 0.5) is 4.39 Å². The van der Waals surface area contributed by atoms with E-state index in [9.17, 15) is 8.60 Å². The maximum Gasteiger partial charge on any atom is 0.146 e. The molecule has 0 saturated carbocycles. The van der Waals surface area contributed by atoms with Crippen LogP contribution < -0.4 is 5.32 Å². The second-order valence-electron chi connectivity index (χ2n) is 3.32. The van der Waals surface area contributed by atoms with Crippen molar-refractivity contribution in [2.45, 2.75) is 13.5 Å². The highest BCUT2D eigenvalue weighted by atomic mass is 35.5. The minimum Gasteiger partial charge on any atom is -0.312 e. The number of rotatable bonds is 6. The molecule has 0 fully saturated rings. The Balaban J connectivity index is 2.38. The summed E-state index contributed by atoms with van der Waals surface area (Å²) in [5.74, 6) is 0.875. The third-order valence-electron chi connectivity index (χ3n) is 2.18. The van der Waals surface area contributed by atoms with Crippen LogP contribution in [-0.2, 0) is 17.3 Å². The predicted octanol–water partition coefficient (Wildman–Crippen LogP) is 2.34. The zero-order valence-electron chi connectivity index (χ0n) is 9.13. The Morgan fingerprint density at radius 2 is 2.25 bits per heavy atom. The summed E-state index contributed by atoms with van der Waals surface area (Å²) in [7, 11) is -0.777. The highest BCUT2D eigenvalue weighted by molar-refractivity contribution is 7.84. The predicted molar refractivity (Wildman–Crippen MR) is 66.7 cm³/mol. The van der Waals surface area contributed by atoms with Crippen molar-refractivity contribution in [1.29, 1.82) is 0 Å². The molecule has 0 spiro atoms. The van der Waals surface area contributed by atoms with Crippen LogP contribution in [0.5, 0.6) is 0 Å². The monoisotopic (exact) mass is 263 g/mol. The smallest absolute Gasteiger partial charge is 0.146 e. The second-order valence-corrected chi connectivity index (χ2v) is 5.59. The van der Waals surface area contributed by atoms with Gasteiger partial charge in [0, 0.05) is 41.0 Å². The molecule has 0 amide bonds. The molecule has 0 aliphatic carbocycles. The van der Waals surface area contributed by atoms with Gasteiger partial charge in [-0.25, -0.2) is 4.39 Å². The van der Waals surface area contributed by atoms with Crippen molar-refractivity contribution < 1.29 is 8.60 Å². The number of nitrogens with one attached hydrogen (secondary N) is 1. The van der Waals surface area contributed by atoms with Gasteiger partial charge in [0.2, 0.25) is 0 Å². The number of hydrogen-bond acceptors (Lipinski definition) is 2. The Morgan fingerprint density at radius 1 is 1.50 bits per heavy atom. The topological polar surface area (TPSA) is 29.1 Å². The molecule has 0 bridgehead atoms. The lowest BCUT2D eigenvalue weighted by Gasteiger charge is -2.06. The fraction of sp³-hybridized carbons (Fsp3) is 0.455. The molecule has 5 heteroatoms. The first-order chi connectivity index (χ1) is 7.65. The Bertz CT molecular complexity index is 373. The van der Waals surface area contributed by atoms with E-state index in [4.69, 9.17) is 11.6 Å². The fourth-order valence-electron chi connectivity index (χ4n) is 1.24. The first kappa shape index (κ1) is 13.6. The summed E-state index contributed by atoms with van der Waals surface area (Å²) in [5.41, 5.74) is 0.537. The summed E-state index contributed by atoms with van der Waals surface area (Å²) in [6, 6.07) is 4.92. The lowest BCUT2D eigenvalue weighted by molar-refractivity contribution is 0.593. The van der Waals surface area contributed by atoms with Crippen LogP contribution in [0.3, 0.4) is 0 Å². The number of benzene rings is 1. The molecule has 1 aromatic rings. The van der Waals surface area contributed by atoms with E-state index in [2.05, 4.69) is 5.32 Å². The standard InChI is InChI=1S/C11H15ClFNOS/c1-2-16(15)7-6-14-8-9-4-3-5-10(12)11(9)13/h3-5,14H,2,6-8H2,1H3. The van der Waals surface area contributed by atoms with Gasteiger partial charge in [-0.1, -0.05) is 30.7 Å². The summed E-state index contributed by atoms with van der Waals surface area (Å²) < 4.78 is 24.5. The highest BCUT2D eigenvalue weighted by Crippen LogP contribution is 2.17. The molecule has 1 rings (SSSR count). The highest BCUT2D eigenvalue weighted by Gasteiger charge is 2.05. The molecule has 0 aliphatic rings. The molecule has 1 atom stereocenters. The van der Waals surface area contributed by atoms with E-state index >= 15 is 0 Å². The quantitative estimate of drug-likeness (QED) is 0.799. The normalized spacial score (nSPS) is 12.7. The maximum atomic E-state index is 13.4. The van der Waals surface area contributed by atoms with Gasteiger partial charge in [0.15, 0.2) is 0 Å². The van der Waals surface area contributed by atoms with Crippen LogP contribution in [-0.4, -0.2) is 22.3 Å². The van der Waals surface area contributed by atoms with Crippen LogP contribution in [0, 0.1) is 5.82 Å². The molecule has 0 aromatic heterocycles. The van der Waals surface area contributed by atoms with Gasteiger partial charge in [-0.15, -0.1) is 0 Å². The van der Waals surface area contributed by atoms with Crippen molar-refractivity contribution in [3.05, 3.63) is 34.6 Å². The van der Waals surface area contributed by atoms with E-state index in [-0.39, 0.29) is 10.8 Å². The summed E-state index contributed by atoms with van der Waals surface area (Å²) >= 11 is 5.65. The molecule has 1 unspecified atom stereocenters. The fourth-order valence-corrected chi connectivity index (χ4v) is 2.09. The van der Waals surface area contributed by atoms with Gasteiger partial charge in [-0.2, -0.15) is 0 Å². The SMILES string of the molecule is CCS(=O)CCNCc1cccc(Cl)c1F. The van der Waals surface area contributed by atoms with Crippen molar-refractivity contribution in [2.24, 2.45) is 0 Å². The summed E-state index contributed by atoms with van der Waals surface area (Å²) in [5, 5.41) is 3.18. The summed E-state index contributed by atoms with van der Waals surface area (Å²) in [4.78, 5) is 0. The lowest BCUT2D eigenvalue weighted by atomic mass is 10.2. The van der Waals surface area contributed by atoms with Crippen LogP contribution in [0.25, 0.3) is 0 Å². The molecule has 2 nitrogen and oxygen atoms in total. The number of hydrogen-bond donors (Lipinski definition) is 1. The van der Waals surface area contributed by atoms with Crippen LogP contribution in [0.15, 0.2) is 18.2 Å². The Labute approximate surface area is 103 Å². The van der Waals surface area contributed by atoms with Gasteiger partial charge in [0.05, 0.1) is 5.02 Å². The first-order valence-corrected chi connectivity index (χ1v) is 7.00. The van der Waals surface area contributed by atoms with Crippen LogP contribution in [0.2, 0.25) is 5.02 Å². The van der Waals surface area contributed by atoms with E-state index in [1.54, 1.807) is 12.1 Å². The molecule has 0 aliphatic heterocycles. The van der Waals surface area contributed by atoms with Crippen molar-refractivity contribution in [1.82, 2.24) is 5.32 Å². The van der Waals surface area contributed by atoms with Crippen molar-refractivity contribution in [2.75, 3.05) is 18.1 Å². The average molecular weight is 264 g/mol. The molecule has 0 heterocycles. The van der Waals surface area contributed by atoms with Crippen LogP contribution in [0.1, 0.15) is 12.5 Å². The molecule has 1 aromatic carbocycles. The van der Waals surface area contributed by atoms with Crippen molar-refractivity contribution in [3.8, 4) is 0 Å². The van der Waals surface area contributed by atoms with E-state index in [0.717, 1.165) is 0 Å². The van der Waals surface area contributed by atoms with Crippen molar-refractivity contribution >= 4 is 22.4 Å². The molecule has 16 heavy (non-hydrogen) atoms. The van der Waals surface area contributed by atoms with Crippen LogP contribution >= 0.6 is 11.6 Å². The molecule has 0 saturated heterocycles. The van der Waals surface area contributed by atoms with E-state index in [0.29, 0.717) is 30.2 Å². The van der Waals surface area contributed by atoms with Gasteiger partial charge in [-0.05, 0) is 6.07 Å². The Morgan fingerprint density at radius 3 is 2.94 bits per heavy atom. The molecular formula is C11H15ClFNOS.